The number of fused-ring (bicyclic) bond motifs is 5. The van der Waals surface area contributed by atoms with Crippen molar-refractivity contribution in [3.05, 3.63) is 91.5 Å². The number of ketones is 1. The molecule has 0 radical (unpaired) electrons. The summed E-state index contributed by atoms with van der Waals surface area (Å²) in [5.74, 6) is 0.361. The second-order valence-electron chi connectivity index (χ2n) is 14.5. The third-order valence-electron chi connectivity index (χ3n) is 10.2. The molecule has 0 aromatic rings. The van der Waals surface area contributed by atoms with Gasteiger partial charge in [-0.15, -0.1) is 0 Å². The minimum Gasteiger partial charge on any atom is -0.511 e. The van der Waals surface area contributed by atoms with Gasteiger partial charge in [-0.1, -0.05) is 13.8 Å². The molecule has 1 saturated heterocycles. The quantitative estimate of drug-likeness (QED) is 0.290. The van der Waals surface area contributed by atoms with Crippen molar-refractivity contribution in [1.29, 1.82) is 0 Å². The number of aliphatic imine (C=N–C) groups is 3. The molecule has 1 amide bonds. The molecule has 1 aliphatic carbocycles. The summed E-state index contributed by atoms with van der Waals surface area (Å²) in [6, 6.07) is 0. The number of carbonyl (C=O) groups is 2. The average molecular weight is 636 g/mol. The third-order valence-corrected chi connectivity index (χ3v) is 10.2. The minimum atomic E-state index is -0.0340. The molecular weight excluding hydrogens is 588 g/mol. The molecule has 2 atom stereocenters. The van der Waals surface area contributed by atoms with Crippen LogP contribution in [-0.4, -0.2) is 72.6 Å². The Hall–Kier alpha value is -4.37. The van der Waals surface area contributed by atoms with Crippen molar-refractivity contribution in [3.63, 3.8) is 0 Å². The molecule has 0 spiro atoms. The van der Waals surface area contributed by atoms with Crippen LogP contribution in [0.3, 0.4) is 0 Å². The number of aliphatic hydroxyl groups excluding tert-OH is 1. The van der Waals surface area contributed by atoms with Gasteiger partial charge in [-0.05, 0) is 81.1 Å². The molecule has 9 heteroatoms. The van der Waals surface area contributed by atoms with Gasteiger partial charge in [0.15, 0.2) is 5.78 Å². The van der Waals surface area contributed by atoms with Gasteiger partial charge in [0.2, 0.25) is 5.91 Å². The van der Waals surface area contributed by atoms with E-state index in [2.05, 4.69) is 52.5 Å². The van der Waals surface area contributed by atoms with Crippen LogP contribution in [0.15, 0.2) is 106 Å². The largest absolute Gasteiger partial charge is 0.511 e. The molecule has 5 heterocycles. The predicted molar refractivity (Wildman–Crippen MR) is 188 cm³/mol. The SMILES string of the molecule is CCC1=C(C)C2=NC1=CC1=C(C)C3=C(O)CC(=C4NC(=CC5=NC(=C2)C(C(C)=O)=C5C)[C@@H](C)[C@@H]4CCC(=O)NCC[N+](C)(C)C)C3=N1. The van der Waals surface area contributed by atoms with Crippen LogP contribution >= 0.6 is 0 Å². The molecule has 8 bridgehead atoms. The summed E-state index contributed by atoms with van der Waals surface area (Å²) < 4.78 is 0.782. The lowest BCUT2D eigenvalue weighted by atomic mass is 9.86. The van der Waals surface area contributed by atoms with Gasteiger partial charge in [0.05, 0.1) is 68.5 Å². The van der Waals surface area contributed by atoms with Gasteiger partial charge in [-0.2, -0.15) is 0 Å². The number of amides is 1. The molecule has 3 N–H and O–H groups in total. The Kier molecular flexibility index (Phi) is 8.32. The lowest BCUT2D eigenvalue weighted by molar-refractivity contribution is -0.869. The van der Waals surface area contributed by atoms with Gasteiger partial charge in [0.1, 0.15) is 5.76 Å². The van der Waals surface area contributed by atoms with Crippen LogP contribution in [0.2, 0.25) is 0 Å². The number of aliphatic hydroxyl groups is 1. The minimum absolute atomic E-state index is 0.000987. The highest BCUT2D eigenvalue weighted by molar-refractivity contribution is 6.22. The summed E-state index contributed by atoms with van der Waals surface area (Å²) in [7, 11) is 6.34. The zero-order valence-electron chi connectivity index (χ0n) is 29.2. The standard InChI is InChI=1S/C38H46N6O3/c1-10-24-19(2)27-18-32-35(23(6)45)21(4)29(41-32)16-28-20(3)25(11-12-34(47)39-13-14-44(7,8)9)37(42-28)26-15-33(46)36-22(5)30(43-38(26)36)17-31(24)40-27/h16-18,20,25H,10-15H2,1-9H3,(H2-,39,40,41,42,43,45,46,47)/p+1/t20-,25-/m0/s1. The predicted octanol–water partition coefficient (Wildman–Crippen LogP) is 5.85. The lowest BCUT2D eigenvalue weighted by Crippen LogP contribution is -2.41. The number of carbonyl (C=O) groups excluding carboxylic acids is 2. The Balaban J connectivity index is 1.48. The molecule has 9 nitrogen and oxygen atoms in total. The Morgan fingerprint density at radius 3 is 2.38 bits per heavy atom. The topological polar surface area (TPSA) is 116 Å². The fourth-order valence-corrected chi connectivity index (χ4v) is 7.46. The number of quaternary nitrogens is 1. The van der Waals surface area contributed by atoms with Crippen LogP contribution in [0.5, 0.6) is 0 Å². The van der Waals surface area contributed by atoms with E-state index in [9.17, 15) is 14.7 Å². The smallest absolute Gasteiger partial charge is 0.220 e. The summed E-state index contributed by atoms with van der Waals surface area (Å²) in [5.41, 5.74) is 12.9. The van der Waals surface area contributed by atoms with Gasteiger partial charge < -0.3 is 20.2 Å². The second-order valence-corrected chi connectivity index (χ2v) is 14.5. The molecular formula is C38H47N6O3+. The van der Waals surface area contributed by atoms with Gasteiger partial charge in [0.25, 0.3) is 0 Å². The molecule has 47 heavy (non-hydrogen) atoms. The number of hydrogen-bond donors (Lipinski definition) is 3. The summed E-state index contributed by atoms with van der Waals surface area (Å²) in [6.45, 7) is 13.4. The first-order valence-corrected chi connectivity index (χ1v) is 16.7. The molecule has 0 aromatic carbocycles. The normalized spacial score (nSPS) is 23.7. The fourth-order valence-electron chi connectivity index (χ4n) is 7.46. The van der Waals surface area contributed by atoms with Crippen molar-refractivity contribution in [2.75, 3.05) is 34.2 Å². The number of allylic oxidation sites excluding steroid dienone is 12. The van der Waals surface area contributed by atoms with Crippen molar-refractivity contribution in [3.8, 4) is 0 Å². The highest BCUT2D eigenvalue weighted by Gasteiger charge is 2.41. The Bertz CT molecular complexity index is 1860. The maximum Gasteiger partial charge on any atom is 0.220 e. The van der Waals surface area contributed by atoms with Crippen LogP contribution in [-0.2, 0) is 9.59 Å². The summed E-state index contributed by atoms with van der Waals surface area (Å²) in [4.78, 5) is 41.1. The monoisotopic (exact) mass is 635 g/mol. The Labute approximate surface area is 278 Å². The molecule has 0 unspecified atom stereocenters. The number of rotatable bonds is 8. The number of nitrogens with zero attached hydrogens (tertiary/aromatic N) is 4. The van der Waals surface area contributed by atoms with Crippen LogP contribution in [0.1, 0.15) is 67.2 Å². The van der Waals surface area contributed by atoms with E-state index < -0.39 is 0 Å². The van der Waals surface area contributed by atoms with Crippen LogP contribution in [0.4, 0.5) is 0 Å². The van der Waals surface area contributed by atoms with E-state index in [1.807, 2.05) is 32.1 Å². The molecule has 0 saturated carbocycles. The highest BCUT2D eigenvalue weighted by atomic mass is 16.3. The molecule has 246 valence electrons. The first kappa shape index (κ1) is 32.6. The van der Waals surface area contributed by atoms with Crippen molar-refractivity contribution in [2.24, 2.45) is 26.8 Å². The van der Waals surface area contributed by atoms with Crippen molar-refractivity contribution in [1.82, 2.24) is 10.6 Å². The van der Waals surface area contributed by atoms with Gasteiger partial charge >= 0.3 is 0 Å². The van der Waals surface area contributed by atoms with Gasteiger partial charge in [-0.3, -0.25) is 9.59 Å². The van der Waals surface area contributed by atoms with E-state index in [-0.39, 0.29) is 23.5 Å². The molecule has 6 rings (SSSR count). The number of hydrogen-bond acceptors (Lipinski definition) is 7. The molecule has 5 aliphatic heterocycles. The first-order valence-electron chi connectivity index (χ1n) is 16.7. The zero-order valence-corrected chi connectivity index (χ0v) is 29.2. The Morgan fingerprint density at radius 1 is 1.00 bits per heavy atom. The maximum atomic E-state index is 13.0. The van der Waals surface area contributed by atoms with Crippen LogP contribution in [0.25, 0.3) is 0 Å². The third kappa shape index (κ3) is 5.86. The average Bonchev–Trinajstić information content (AvgIpc) is 3.73. The van der Waals surface area contributed by atoms with E-state index in [1.54, 1.807) is 6.92 Å². The fraction of sp³-hybridized carbons (Fsp3) is 0.447. The van der Waals surface area contributed by atoms with Crippen molar-refractivity contribution >= 4 is 28.8 Å². The highest BCUT2D eigenvalue weighted by Crippen LogP contribution is 2.46. The zero-order chi connectivity index (χ0) is 33.9. The van der Waals surface area contributed by atoms with Crippen molar-refractivity contribution < 1.29 is 19.2 Å². The second kappa shape index (κ2) is 12.0. The summed E-state index contributed by atoms with van der Waals surface area (Å²) >= 11 is 0. The van der Waals surface area contributed by atoms with Crippen LogP contribution < -0.4 is 10.6 Å². The molecule has 1 fully saturated rings. The van der Waals surface area contributed by atoms with E-state index >= 15 is 0 Å². The number of likely N-dealkylation sites (N-methyl/N-ethyl adjacent to an activating group) is 1. The van der Waals surface area contributed by atoms with Crippen molar-refractivity contribution in [2.45, 2.75) is 67.2 Å². The van der Waals surface area contributed by atoms with E-state index in [0.29, 0.717) is 42.8 Å². The van der Waals surface area contributed by atoms with Crippen LogP contribution in [0, 0.1) is 11.8 Å². The maximum absolute atomic E-state index is 13.0. The number of Topliss-reactive ketones (excluding diaryl/α,β-unsaturated/α-hetero) is 1. The molecule has 0 aromatic heterocycles. The Morgan fingerprint density at radius 2 is 1.70 bits per heavy atom. The summed E-state index contributed by atoms with van der Waals surface area (Å²) in [5, 5.41) is 18.1. The first-order chi connectivity index (χ1) is 22.2. The number of nitrogens with one attached hydrogen (secondary N) is 2. The van der Waals surface area contributed by atoms with Gasteiger partial charge in [0, 0.05) is 52.8 Å². The van der Waals surface area contributed by atoms with Gasteiger partial charge in [-0.25, -0.2) is 15.0 Å². The van der Waals surface area contributed by atoms with E-state index in [4.69, 9.17) is 15.0 Å². The summed E-state index contributed by atoms with van der Waals surface area (Å²) in [6.07, 6.45) is 8.20. The van der Waals surface area contributed by atoms with E-state index in [0.717, 1.165) is 90.8 Å². The molecule has 6 aliphatic rings. The van der Waals surface area contributed by atoms with E-state index in [1.165, 1.54) is 0 Å². The lowest BCUT2D eigenvalue weighted by Gasteiger charge is -2.24.